The van der Waals surface area contributed by atoms with E-state index in [0.29, 0.717) is 18.3 Å². The Morgan fingerprint density at radius 3 is 2.76 bits per heavy atom. The molecule has 1 unspecified atom stereocenters. The van der Waals surface area contributed by atoms with Gasteiger partial charge in [-0.25, -0.2) is 4.79 Å². The lowest BCUT2D eigenvalue weighted by Crippen LogP contribution is -2.33. The molecule has 0 radical (unpaired) electrons. The molecule has 0 saturated carbocycles. The normalized spacial score (nSPS) is 16.4. The topological polar surface area (TPSA) is 96.4 Å². The number of amides is 2. The molecule has 7 nitrogen and oxygen atoms in total. The SMILES string of the molecule is O=C(Nc1nnc(C2CCOCC2)s1)NC(CCO)c1cccc(C(F)(F)F)c1. The molecule has 158 valence electrons. The number of nitrogens with zero attached hydrogens (tertiary/aromatic N) is 2. The van der Waals surface area contributed by atoms with Gasteiger partial charge in [-0.3, -0.25) is 5.32 Å². The summed E-state index contributed by atoms with van der Waals surface area (Å²) in [6, 6.07) is 3.26. The lowest BCUT2D eigenvalue weighted by Gasteiger charge is -2.19. The summed E-state index contributed by atoms with van der Waals surface area (Å²) in [4.78, 5) is 12.3. The van der Waals surface area contributed by atoms with Gasteiger partial charge in [0.15, 0.2) is 0 Å². The Hall–Kier alpha value is -2.24. The molecule has 1 aromatic heterocycles. The number of rotatable bonds is 6. The molecule has 2 amide bonds. The quantitative estimate of drug-likeness (QED) is 0.650. The zero-order chi connectivity index (χ0) is 20.9. The molecule has 1 aromatic carbocycles. The molecule has 1 aliphatic heterocycles. The number of urea groups is 1. The van der Waals surface area contributed by atoms with Crippen LogP contribution in [-0.2, 0) is 10.9 Å². The first-order valence-corrected chi connectivity index (χ1v) is 9.95. The lowest BCUT2D eigenvalue weighted by atomic mass is 10.0. The minimum Gasteiger partial charge on any atom is -0.396 e. The largest absolute Gasteiger partial charge is 0.416 e. The fraction of sp³-hybridized carbons (Fsp3) is 0.500. The summed E-state index contributed by atoms with van der Waals surface area (Å²) >= 11 is 1.26. The number of benzene rings is 1. The Balaban J connectivity index is 1.65. The second kappa shape index (κ2) is 9.51. The van der Waals surface area contributed by atoms with E-state index < -0.39 is 23.8 Å². The summed E-state index contributed by atoms with van der Waals surface area (Å²) in [5.41, 5.74) is -0.561. The van der Waals surface area contributed by atoms with Gasteiger partial charge in [0.25, 0.3) is 0 Å². The number of nitrogens with one attached hydrogen (secondary N) is 2. The van der Waals surface area contributed by atoms with Crippen LogP contribution in [0.5, 0.6) is 0 Å². The van der Waals surface area contributed by atoms with E-state index in [4.69, 9.17) is 4.74 Å². The second-order valence-corrected chi connectivity index (χ2v) is 7.63. The van der Waals surface area contributed by atoms with Crippen molar-refractivity contribution in [3.05, 3.63) is 40.4 Å². The first-order valence-electron chi connectivity index (χ1n) is 9.13. The highest BCUT2D eigenvalue weighted by molar-refractivity contribution is 7.15. The van der Waals surface area contributed by atoms with E-state index in [1.54, 1.807) is 0 Å². The van der Waals surface area contributed by atoms with E-state index in [9.17, 15) is 23.1 Å². The fourth-order valence-corrected chi connectivity index (χ4v) is 3.98. The smallest absolute Gasteiger partial charge is 0.396 e. The fourth-order valence-electron chi connectivity index (χ4n) is 3.07. The van der Waals surface area contributed by atoms with Crippen molar-refractivity contribution in [3.63, 3.8) is 0 Å². The van der Waals surface area contributed by atoms with E-state index >= 15 is 0 Å². The summed E-state index contributed by atoms with van der Waals surface area (Å²) in [5.74, 6) is 0.243. The number of aliphatic hydroxyl groups is 1. The lowest BCUT2D eigenvalue weighted by molar-refractivity contribution is -0.137. The van der Waals surface area contributed by atoms with Crippen molar-refractivity contribution in [2.24, 2.45) is 0 Å². The number of carbonyl (C=O) groups excluding carboxylic acids is 1. The predicted octanol–water partition coefficient (Wildman–Crippen LogP) is 3.70. The monoisotopic (exact) mass is 430 g/mol. The van der Waals surface area contributed by atoms with Gasteiger partial charge < -0.3 is 15.2 Å². The highest BCUT2D eigenvalue weighted by Gasteiger charge is 2.31. The summed E-state index contributed by atoms with van der Waals surface area (Å²) in [6.45, 7) is 1.02. The van der Waals surface area contributed by atoms with E-state index in [0.717, 1.165) is 30.0 Å². The van der Waals surface area contributed by atoms with Crippen molar-refractivity contribution in [1.82, 2.24) is 15.5 Å². The van der Waals surface area contributed by atoms with Crippen LogP contribution < -0.4 is 10.6 Å². The first-order chi connectivity index (χ1) is 13.9. The molecular formula is C18H21F3N4O3S. The van der Waals surface area contributed by atoms with Gasteiger partial charge >= 0.3 is 12.2 Å². The van der Waals surface area contributed by atoms with Crippen LogP contribution in [0, 0.1) is 0 Å². The van der Waals surface area contributed by atoms with Gasteiger partial charge in [0.2, 0.25) is 5.13 Å². The van der Waals surface area contributed by atoms with Crippen LogP contribution >= 0.6 is 11.3 Å². The zero-order valence-corrected chi connectivity index (χ0v) is 16.2. The molecule has 0 aliphatic carbocycles. The van der Waals surface area contributed by atoms with Gasteiger partial charge in [0.1, 0.15) is 5.01 Å². The third kappa shape index (κ3) is 5.87. The maximum atomic E-state index is 13.0. The van der Waals surface area contributed by atoms with Crippen LogP contribution in [0.4, 0.5) is 23.1 Å². The van der Waals surface area contributed by atoms with Crippen LogP contribution in [0.1, 0.15) is 47.4 Å². The average molecular weight is 430 g/mol. The van der Waals surface area contributed by atoms with Gasteiger partial charge in [-0.05, 0) is 37.0 Å². The molecule has 3 N–H and O–H groups in total. The van der Waals surface area contributed by atoms with Crippen LogP contribution in [0.3, 0.4) is 0 Å². The van der Waals surface area contributed by atoms with Gasteiger partial charge in [-0.15, -0.1) is 10.2 Å². The van der Waals surface area contributed by atoms with Crippen LogP contribution in [0.15, 0.2) is 24.3 Å². The van der Waals surface area contributed by atoms with Crippen LogP contribution in [0.2, 0.25) is 0 Å². The van der Waals surface area contributed by atoms with Crippen molar-refractivity contribution in [3.8, 4) is 0 Å². The number of alkyl halides is 3. The number of carbonyl (C=O) groups is 1. The zero-order valence-electron chi connectivity index (χ0n) is 15.4. The predicted molar refractivity (Wildman–Crippen MR) is 101 cm³/mol. The third-order valence-electron chi connectivity index (χ3n) is 4.57. The minimum absolute atomic E-state index is 0.0676. The maximum Gasteiger partial charge on any atom is 0.416 e. The number of anilines is 1. The van der Waals surface area contributed by atoms with Crippen molar-refractivity contribution in [2.45, 2.75) is 37.4 Å². The number of hydrogen-bond acceptors (Lipinski definition) is 6. The molecule has 2 aromatic rings. The Labute approximate surface area is 169 Å². The third-order valence-corrected chi connectivity index (χ3v) is 5.57. The Morgan fingerprint density at radius 2 is 2.07 bits per heavy atom. The Morgan fingerprint density at radius 1 is 1.31 bits per heavy atom. The minimum atomic E-state index is -4.49. The molecule has 11 heteroatoms. The molecule has 1 atom stereocenters. The van der Waals surface area contributed by atoms with Gasteiger partial charge in [-0.1, -0.05) is 23.5 Å². The molecular weight excluding hydrogens is 409 g/mol. The summed E-state index contributed by atoms with van der Waals surface area (Å²) in [5, 5.41) is 23.6. The first kappa shape index (κ1) is 21.5. The summed E-state index contributed by atoms with van der Waals surface area (Å²) in [6.07, 6.45) is -2.74. The molecule has 29 heavy (non-hydrogen) atoms. The molecule has 2 heterocycles. The van der Waals surface area contributed by atoms with Gasteiger partial charge in [0.05, 0.1) is 11.6 Å². The van der Waals surface area contributed by atoms with Crippen molar-refractivity contribution in [2.75, 3.05) is 25.1 Å². The van der Waals surface area contributed by atoms with Crippen LogP contribution in [-0.4, -0.2) is 41.2 Å². The molecule has 0 bridgehead atoms. The van der Waals surface area contributed by atoms with E-state index in [2.05, 4.69) is 20.8 Å². The molecule has 1 aliphatic rings. The molecule has 1 fully saturated rings. The number of halogens is 3. The van der Waals surface area contributed by atoms with E-state index in [1.807, 2.05) is 0 Å². The van der Waals surface area contributed by atoms with Crippen molar-refractivity contribution >= 4 is 22.5 Å². The summed E-state index contributed by atoms with van der Waals surface area (Å²) in [7, 11) is 0. The van der Waals surface area contributed by atoms with Crippen molar-refractivity contribution < 1.29 is 27.8 Å². The van der Waals surface area contributed by atoms with E-state index in [-0.39, 0.29) is 24.5 Å². The van der Waals surface area contributed by atoms with Crippen molar-refractivity contribution in [1.29, 1.82) is 0 Å². The maximum absolute atomic E-state index is 13.0. The number of hydrogen-bond donors (Lipinski definition) is 3. The Bertz CT molecular complexity index is 825. The van der Waals surface area contributed by atoms with Gasteiger partial charge in [-0.2, -0.15) is 13.2 Å². The van der Waals surface area contributed by atoms with Crippen LogP contribution in [0.25, 0.3) is 0 Å². The van der Waals surface area contributed by atoms with E-state index in [1.165, 1.54) is 23.5 Å². The second-order valence-electron chi connectivity index (χ2n) is 6.62. The number of ether oxygens (including phenoxy) is 1. The highest BCUT2D eigenvalue weighted by atomic mass is 32.1. The Kier molecular flexibility index (Phi) is 7.04. The van der Waals surface area contributed by atoms with Gasteiger partial charge in [0, 0.05) is 25.7 Å². The average Bonchev–Trinajstić information content (AvgIpc) is 3.16. The molecule has 1 saturated heterocycles. The number of aliphatic hydroxyl groups excluding tert-OH is 1. The molecule has 0 spiro atoms. The standard InChI is InChI=1S/C18H21F3N4O3S/c19-18(20,21)13-3-1-2-12(10-13)14(4-7-26)22-16(27)23-17-25-24-15(29-17)11-5-8-28-9-6-11/h1-3,10-11,14,26H,4-9H2,(H2,22,23,25,27). The molecule has 3 rings (SSSR count). The summed E-state index contributed by atoms with van der Waals surface area (Å²) < 4.78 is 44.2. The highest BCUT2D eigenvalue weighted by Crippen LogP contribution is 2.32. The number of aromatic nitrogens is 2.